The second-order valence-corrected chi connectivity index (χ2v) is 5.68. The van der Waals surface area contributed by atoms with Gasteiger partial charge in [-0.05, 0) is 36.2 Å². The van der Waals surface area contributed by atoms with Gasteiger partial charge in [0.05, 0.1) is 11.4 Å². The van der Waals surface area contributed by atoms with Crippen molar-refractivity contribution in [3.05, 3.63) is 57.8 Å². The van der Waals surface area contributed by atoms with E-state index in [1.807, 2.05) is 18.2 Å². The quantitative estimate of drug-likeness (QED) is 0.854. The molecule has 1 heterocycles. The SMILES string of the molecule is Nc1cccc2c1N(Cc1cc(Br)ccc1F)CC2. The van der Waals surface area contributed by atoms with Crippen LogP contribution in [-0.4, -0.2) is 6.54 Å². The van der Waals surface area contributed by atoms with Crippen molar-refractivity contribution in [2.75, 3.05) is 17.2 Å². The lowest BCUT2D eigenvalue weighted by atomic mass is 10.1. The van der Waals surface area contributed by atoms with Gasteiger partial charge < -0.3 is 10.6 Å². The number of nitrogens with two attached hydrogens (primary N) is 1. The number of nitrogen functional groups attached to an aromatic ring is 1. The zero-order valence-corrected chi connectivity index (χ0v) is 12.0. The topological polar surface area (TPSA) is 29.3 Å². The fourth-order valence-electron chi connectivity index (χ4n) is 2.59. The highest BCUT2D eigenvalue weighted by Crippen LogP contribution is 2.35. The minimum absolute atomic E-state index is 0.175. The first kappa shape index (κ1) is 12.5. The molecule has 0 unspecified atom stereocenters. The molecule has 0 saturated heterocycles. The summed E-state index contributed by atoms with van der Waals surface area (Å²) >= 11 is 3.38. The lowest BCUT2D eigenvalue weighted by Gasteiger charge is -2.21. The van der Waals surface area contributed by atoms with E-state index in [9.17, 15) is 4.39 Å². The van der Waals surface area contributed by atoms with Crippen LogP contribution in [0.5, 0.6) is 0 Å². The highest BCUT2D eigenvalue weighted by Gasteiger charge is 2.22. The maximum absolute atomic E-state index is 13.8. The minimum Gasteiger partial charge on any atom is -0.397 e. The highest BCUT2D eigenvalue weighted by atomic mass is 79.9. The Hall–Kier alpha value is -1.55. The monoisotopic (exact) mass is 320 g/mol. The number of benzene rings is 2. The first-order valence-corrected chi connectivity index (χ1v) is 7.00. The van der Waals surface area contributed by atoms with Crippen LogP contribution >= 0.6 is 15.9 Å². The molecule has 2 aromatic carbocycles. The third-order valence-corrected chi connectivity index (χ3v) is 3.98. The second-order valence-electron chi connectivity index (χ2n) is 4.76. The smallest absolute Gasteiger partial charge is 0.128 e. The number of anilines is 2. The van der Waals surface area contributed by atoms with E-state index in [0.29, 0.717) is 12.1 Å². The Bertz CT molecular complexity index is 628. The Labute approximate surface area is 120 Å². The van der Waals surface area contributed by atoms with Gasteiger partial charge in [0.2, 0.25) is 0 Å². The van der Waals surface area contributed by atoms with Gasteiger partial charge >= 0.3 is 0 Å². The number of rotatable bonds is 2. The van der Waals surface area contributed by atoms with Gasteiger partial charge in [0.1, 0.15) is 5.82 Å². The van der Waals surface area contributed by atoms with Crippen LogP contribution in [0.1, 0.15) is 11.1 Å². The summed E-state index contributed by atoms with van der Waals surface area (Å²) in [7, 11) is 0. The van der Waals surface area contributed by atoms with Crippen molar-refractivity contribution in [3.8, 4) is 0 Å². The molecule has 2 aromatic rings. The van der Waals surface area contributed by atoms with Gasteiger partial charge in [-0.15, -0.1) is 0 Å². The van der Waals surface area contributed by atoms with Crippen LogP contribution in [0.15, 0.2) is 40.9 Å². The molecular weight excluding hydrogens is 307 g/mol. The van der Waals surface area contributed by atoms with Crippen LogP contribution in [0, 0.1) is 5.82 Å². The van der Waals surface area contributed by atoms with Gasteiger partial charge in [0.25, 0.3) is 0 Å². The molecule has 0 atom stereocenters. The Morgan fingerprint density at radius 3 is 2.95 bits per heavy atom. The van der Waals surface area contributed by atoms with Gasteiger partial charge in [-0.25, -0.2) is 4.39 Å². The molecule has 0 spiro atoms. The van der Waals surface area contributed by atoms with Crippen molar-refractivity contribution in [2.24, 2.45) is 0 Å². The number of hydrogen-bond donors (Lipinski definition) is 1. The van der Waals surface area contributed by atoms with Crippen LogP contribution in [0.25, 0.3) is 0 Å². The average Bonchev–Trinajstić information content (AvgIpc) is 2.79. The molecule has 0 aliphatic carbocycles. The largest absolute Gasteiger partial charge is 0.397 e. The number of halogens is 2. The summed E-state index contributed by atoms with van der Waals surface area (Å²) in [6.45, 7) is 1.43. The molecule has 2 N–H and O–H groups in total. The van der Waals surface area contributed by atoms with Crippen molar-refractivity contribution < 1.29 is 4.39 Å². The van der Waals surface area contributed by atoms with Crippen LogP contribution in [0.2, 0.25) is 0 Å². The maximum Gasteiger partial charge on any atom is 0.128 e. The summed E-state index contributed by atoms with van der Waals surface area (Å²) < 4.78 is 14.7. The summed E-state index contributed by atoms with van der Waals surface area (Å²) in [5.74, 6) is -0.175. The van der Waals surface area contributed by atoms with Crippen molar-refractivity contribution in [1.82, 2.24) is 0 Å². The van der Waals surface area contributed by atoms with Crippen molar-refractivity contribution >= 4 is 27.3 Å². The van der Waals surface area contributed by atoms with E-state index in [-0.39, 0.29) is 5.82 Å². The second kappa shape index (κ2) is 4.85. The van der Waals surface area contributed by atoms with E-state index in [1.54, 1.807) is 6.07 Å². The van der Waals surface area contributed by atoms with Gasteiger partial charge in [0.15, 0.2) is 0 Å². The highest BCUT2D eigenvalue weighted by molar-refractivity contribution is 9.10. The number of para-hydroxylation sites is 1. The predicted octanol–water partition coefficient (Wildman–Crippen LogP) is 3.73. The Balaban J connectivity index is 1.93. The van der Waals surface area contributed by atoms with E-state index < -0.39 is 0 Å². The molecule has 19 heavy (non-hydrogen) atoms. The lowest BCUT2D eigenvalue weighted by molar-refractivity contribution is 0.605. The molecule has 0 saturated carbocycles. The molecule has 1 aliphatic heterocycles. The molecule has 0 fully saturated rings. The molecule has 1 aliphatic rings. The molecular formula is C15H14BrFN2. The molecule has 4 heteroatoms. The number of fused-ring (bicyclic) bond motifs is 1. The van der Waals surface area contributed by atoms with Gasteiger partial charge in [-0.2, -0.15) is 0 Å². The summed E-state index contributed by atoms with van der Waals surface area (Å²) in [6.07, 6.45) is 0.968. The zero-order valence-electron chi connectivity index (χ0n) is 10.4. The number of nitrogens with zero attached hydrogens (tertiary/aromatic N) is 1. The normalized spacial score (nSPS) is 13.7. The van der Waals surface area contributed by atoms with E-state index in [1.165, 1.54) is 11.6 Å². The number of hydrogen-bond acceptors (Lipinski definition) is 2. The summed E-state index contributed by atoms with van der Waals surface area (Å²) in [5.41, 5.74) is 9.80. The Morgan fingerprint density at radius 1 is 1.26 bits per heavy atom. The third-order valence-electron chi connectivity index (χ3n) is 3.49. The summed E-state index contributed by atoms with van der Waals surface area (Å²) in [5, 5.41) is 0. The van der Waals surface area contributed by atoms with Crippen LogP contribution < -0.4 is 10.6 Å². The predicted molar refractivity (Wildman–Crippen MR) is 79.7 cm³/mol. The fourth-order valence-corrected chi connectivity index (χ4v) is 3.00. The van der Waals surface area contributed by atoms with Crippen LogP contribution in [0.3, 0.4) is 0 Å². The van der Waals surface area contributed by atoms with E-state index in [0.717, 1.165) is 28.8 Å². The van der Waals surface area contributed by atoms with Crippen molar-refractivity contribution in [3.63, 3.8) is 0 Å². The molecule has 0 bridgehead atoms. The van der Waals surface area contributed by atoms with E-state index >= 15 is 0 Å². The Kier molecular flexibility index (Phi) is 3.19. The molecule has 3 rings (SSSR count). The molecule has 98 valence electrons. The van der Waals surface area contributed by atoms with Gasteiger partial charge in [-0.1, -0.05) is 28.1 Å². The minimum atomic E-state index is -0.175. The van der Waals surface area contributed by atoms with E-state index in [2.05, 4.69) is 26.9 Å². The average molecular weight is 321 g/mol. The van der Waals surface area contributed by atoms with Crippen LogP contribution in [0.4, 0.5) is 15.8 Å². The van der Waals surface area contributed by atoms with E-state index in [4.69, 9.17) is 5.73 Å². The summed E-state index contributed by atoms with van der Waals surface area (Å²) in [4.78, 5) is 2.15. The summed E-state index contributed by atoms with van der Waals surface area (Å²) in [6, 6.07) is 11.0. The third kappa shape index (κ3) is 2.32. The maximum atomic E-state index is 13.8. The first-order valence-electron chi connectivity index (χ1n) is 6.21. The molecule has 0 radical (unpaired) electrons. The fraction of sp³-hybridized carbons (Fsp3) is 0.200. The standard InChI is InChI=1S/C15H14BrFN2/c16-12-4-5-13(17)11(8-12)9-19-7-6-10-2-1-3-14(18)15(10)19/h1-5,8H,6-7,9,18H2. The molecule has 2 nitrogen and oxygen atoms in total. The zero-order chi connectivity index (χ0) is 13.4. The van der Waals surface area contributed by atoms with Crippen molar-refractivity contribution in [2.45, 2.75) is 13.0 Å². The van der Waals surface area contributed by atoms with Crippen LogP contribution in [-0.2, 0) is 13.0 Å². The van der Waals surface area contributed by atoms with Gasteiger partial charge in [-0.3, -0.25) is 0 Å². The molecule has 0 amide bonds. The molecule has 0 aromatic heterocycles. The van der Waals surface area contributed by atoms with Gasteiger partial charge in [0, 0.05) is 23.1 Å². The van der Waals surface area contributed by atoms with Crippen molar-refractivity contribution in [1.29, 1.82) is 0 Å². The lowest BCUT2D eigenvalue weighted by Crippen LogP contribution is -2.21. The first-order chi connectivity index (χ1) is 9.15. The Morgan fingerprint density at radius 2 is 2.11 bits per heavy atom.